The summed E-state index contributed by atoms with van der Waals surface area (Å²) >= 11 is 0. The maximum absolute atomic E-state index is 15.9. The summed E-state index contributed by atoms with van der Waals surface area (Å²) in [5, 5.41) is 0. The number of ether oxygens (including phenoxy) is 4. The lowest BCUT2D eigenvalue weighted by Crippen LogP contribution is -2.70. The van der Waals surface area contributed by atoms with Gasteiger partial charge in [0.25, 0.3) is 0 Å². The second-order valence-electron chi connectivity index (χ2n) is 26.9. The zero-order valence-electron chi connectivity index (χ0n) is 52.9. The molecule has 4 atom stereocenters. The fourth-order valence-electron chi connectivity index (χ4n) is 16.3. The molecular weight excluding hydrogens is 1050 g/mol. The Morgan fingerprint density at radius 2 is 0.494 bits per heavy atom. The summed E-state index contributed by atoms with van der Waals surface area (Å²) < 4.78 is 30.8. The molecule has 4 unspecified atom stereocenters. The number of esters is 4. The molecule has 4 aliphatic carbocycles. The van der Waals surface area contributed by atoms with Gasteiger partial charge in [0.05, 0.1) is 22.3 Å². The molecule has 0 saturated heterocycles. The number of carbonyl (C=O) groups excluding carboxylic acids is 4. The first-order chi connectivity index (χ1) is 41.7. The summed E-state index contributed by atoms with van der Waals surface area (Å²) in [5.41, 5.74) is 0.112. The highest BCUT2D eigenvalue weighted by Gasteiger charge is 2.69. The lowest BCUT2D eigenvalue weighted by Gasteiger charge is -2.59. The van der Waals surface area contributed by atoms with Crippen molar-refractivity contribution in [1.82, 2.24) is 0 Å². The zero-order valence-corrected chi connectivity index (χ0v) is 52.9. The van der Waals surface area contributed by atoms with Crippen LogP contribution in [0, 0.1) is 52.8 Å². The monoisotopic (exact) mass is 1160 g/mol. The SMILES string of the molecule is CCCCCC1CCC(C(OC(=O)c2ccccc2)C(C(OC(=O)c2ccccc2)C2CCC(CCCCC)CC2)(C(OC(=O)c2ccccc2)C2CCC(CCCCC)CC2)C(OC(=O)c2ccccc2)C2CCC(CCCCC)CC2)CC1. The van der Waals surface area contributed by atoms with E-state index >= 15 is 19.2 Å². The lowest BCUT2D eigenvalue weighted by atomic mass is 9.52. The van der Waals surface area contributed by atoms with E-state index in [1.165, 1.54) is 51.4 Å². The van der Waals surface area contributed by atoms with Crippen LogP contribution in [0.25, 0.3) is 0 Å². The normalized spacial score (nSPS) is 24.8. The van der Waals surface area contributed by atoms with Gasteiger partial charge in [0.15, 0.2) is 0 Å². The first-order valence-corrected chi connectivity index (χ1v) is 34.7. The zero-order chi connectivity index (χ0) is 59.6. The molecule has 4 aromatic carbocycles. The summed E-state index contributed by atoms with van der Waals surface area (Å²) in [7, 11) is 0. The van der Waals surface area contributed by atoms with Crippen molar-refractivity contribution in [2.24, 2.45) is 52.8 Å². The molecule has 464 valence electrons. The first-order valence-electron chi connectivity index (χ1n) is 34.7. The van der Waals surface area contributed by atoms with Crippen LogP contribution in [0.4, 0.5) is 0 Å². The van der Waals surface area contributed by atoms with Crippen LogP contribution in [0.15, 0.2) is 121 Å². The van der Waals surface area contributed by atoms with E-state index in [2.05, 4.69) is 27.7 Å². The molecule has 0 spiro atoms. The summed E-state index contributed by atoms with van der Waals surface area (Å²) in [6.45, 7) is 9.06. The number of hydrogen-bond donors (Lipinski definition) is 0. The minimum Gasteiger partial charge on any atom is -0.457 e. The molecule has 0 bridgehead atoms. The molecule has 0 radical (unpaired) electrons. The Balaban J connectivity index is 1.45. The van der Waals surface area contributed by atoms with Crippen LogP contribution in [0.1, 0.15) is 275 Å². The molecule has 4 fully saturated rings. The van der Waals surface area contributed by atoms with Gasteiger partial charge in [-0.25, -0.2) is 19.2 Å². The second-order valence-corrected chi connectivity index (χ2v) is 26.9. The largest absolute Gasteiger partial charge is 0.457 e. The average molecular weight is 1160 g/mol. The van der Waals surface area contributed by atoms with E-state index in [0.717, 1.165) is 154 Å². The highest BCUT2D eigenvalue weighted by atomic mass is 16.6. The van der Waals surface area contributed by atoms with Crippen LogP contribution in [-0.4, -0.2) is 48.3 Å². The van der Waals surface area contributed by atoms with Gasteiger partial charge in [-0.15, -0.1) is 0 Å². The van der Waals surface area contributed by atoms with Gasteiger partial charge < -0.3 is 18.9 Å². The van der Waals surface area contributed by atoms with Crippen LogP contribution >= 0.6 is 0 Å². The Hall–Kier alpha value is -5.24. The summed E-state index contributed by atoms with van der Waals surface area (Å²) in [6, 6.07) is 37.4. The Morgan fingerprint density at radius 3 is 0.671 bits per heavy atom. The van der Waals surface area contributed by atoms with Crippen LogP contribution in [0.2, 0.25) is 0 Å². The first kappa shape index (κ1) is 65.7. The van der Waals surface area contributed by atoms with E-state index < -0.39 is 53.7 Å². The quantitative estimate of drug-likeness (QED) is 0.0270. The fraction of sp³-hybridized carbons (Fsp3) is 0.636. The lowest BCUT2D eigenvalue weighted by molar-refractivity contribution is -0.248. The molecule has 0 aliphatic heterocycles. The van der Waals surface area contributed by atoms with E-state index in [0.29, 0.717) is 45.9 Å². The molecule has 4 saturated carbocycles. The van der Waals surface area contributed by atoms with Crippen LogP contribution in [-0.2, 0) is 18.9 Å². The maximum Gasteiger partial charge on any atom is 0.338 e. The van der Waals surface area contributed by atoms with Crippen molar-refractivity contribution < 1.29 is 38.1 Å². The predicted molar refractivity (Wildman–Crippen MR) is 343 cm³/mol. The third-order valence-corrected chi connectivity index (χ3v) is 21.1. The average Bonchev–Trinajstić information content (AvgIpc) is 1.09. The van der Waals surface area contributed by atoms with E-state index in [4.69, 9.17) is 18.9 Å². The number of rotatable bonds is 32. The molecule has 8 heteroatoms. The summed E-state index contributed by atoms with van der Waals surface area (Å²) in [6.07, 6.45) is 28.5. The van der Waals surface area contributed by atoms with Gasteiger partial charge in [0.2, 0.25) is 0 Å². The number of hydrogen-bond acceptors (Lipinski definition) is 8. The molecule has 4 aliphatic rings. The Morgan fingerprint density at radius 1 is 0.306 bits per heavy atom. The smallest absolute Gasteiger partial charge is 0.338 e. The van der Waals surface area contributed by atoms with Crippen LogP contribution < -0.4 is 0 Å². The molecule has 8 rings (SSSR count). The Bertz CT molecular complexity index is 2160. The van der Waals surface area contributed by atoms with Gasteiger partial charge in [0, 0.05) is 0 Å². The standard InChI is InChI=1S/C77H108O8/c1-5-9-17-29-57-41-49-61(50-42-57)69(82-73(78)65-33-21-13-22-34-65)77(70(83-74(79)66-35-23-14-24-36-66)62-51-43-58(44-52-62)30-18-10-6-2,71(84-75(80)67-37-25-15-26-38-67)63-53-45-59(46-54-63)31-19-11-7-3)72(85-76(81)68-39-27-16-28-40-68)64-55-47-60(48-56-64)32-20-12-8-4/h13-16,21-28,33-40,57-64,69-72H,5-12,17-20,29-32,41-56H2,1-4H3. The second kappa shape index (κ2) is 34.9. The van der Waals surface area contributed by atoms with Gasteiger partial charge in [0.1, 0.15) is 29.8 Å². The Kier molecular flexibility index (Phi) is 27.0. The number of benzene rings is 4. The fourth-order valence-corrected chi connectivity index (χ4v) is 16.3. The molecule has 0 N–H and O–H groups in total. The van der Waals surface area contributed by atoms with Crippen molar-refractivity contribution in [3.8, 4) is 0 Å². The Labute approximate surface area is 513 Å². The van der Waals surface area contributed by atoms with Crippen molar-refractivity contribution in [2.45, 2.75) is 258 Å². The van der Waals surface area contributed by atoms with Gasteiger partial charge in [-0.3, -0.25) is 0 Å². The molecule has 0 amide bonds. The van der Waals surface area contributed by atoms with E-state index in [1.54, 1.807) is 0 Å². The molecule has 0 heterocycles. The topological polar surface area (TPSA) is 105 Å². The molecular formula is C77H108O8. The third-order valence-electron chi connectivity index (χ3n) is 21.1. The van der Waals surface area contributed by atoms with Crippen molar-refractivity contribution >= 4 is 23.9 Å². The van der Waals surface area contributed by atoms with Crippen LogP contribution in [0.5, 0.6) is 0 Å². The molecule has 0 aromatic heterocycles. The van der Waals surface area contributed by atoms with Crippen molar-refractivity contribution in [3.05, 3.63) is 144 Å². The minimum absolute atomic E-state index is 0.245. The predicted octanol–water partition coefficient (Wildman–Crippen LogP) is 20.4. The summed E-state index contributed by atoms with van der Waals surface area (Å²) in [5.74, 6) is -0.777. The number of carbonyl (C=O) groups is 4. The van der Waals surface area contributed by atoms with E-state index in [1.807, 2.05) is 121 Å². The van der Waals surface area contributed by atoms with E-state index in [-0.39, 0.29) is 23.7 Å². The maximum atomic E-state index is 15.9. The van der Waals surface area contributed by atoms with Gasteiger partial charge >= 0.3 is 23.9 Å². The van der Waals surface area contributed by atoms with Gasteiger partial charge in [-0.2, -0.15) is 0 Å². The van der Waals surface area contributed by atoms with Crippen molar-refractivity contribution in [2.75, 3.05) is 0 Å². The number of unbranched alkanes of at least 4 members (excludes halogenated alkanes) is 8. The van der Waals surface area contributed by atoms with E-state index in [9.17, 15) is 0 Å². The van der Waals surface area contributed by atoms with Crippen LogP contribution in [0.3, 0.4) is 0 Å². The van der Waals surface area contributed by atoms with Gasteiger partial charge in [-0.1, -0.05) is 255 Å². The van der Waals surface area contributed by atoms with Crippen molar-refractivity contribution in [1.29, 1.82) is 0 Å². The molecule has 85 heavy (non-hydrogen) atoms. The van der Waals surface area contributed by atoms with Gasteiger partial charge in [-0.05, 0) is 147 Å². The summed E-state index contributed by atoms with van der Waals surface area (Å²) in [4.78, 5) is 63.5. The van der Waals surface area contributed by atoms with Crippen molar-refractivity contribution in [3.63, 3.8) is 0 Å². The highest BCUT2D eigenvalue weighted by molar-refractivity contribution is 5.91. The molecule has 4 aromatic rings. The highest BCUT2D eigenvalue weighted by Crippen LogP contribution is 2.59. The molecule has 8 nitrogen and oxygen atoms in total. The third kappa shape index (κ3) is 18.4. The minimum atomic E-state index is -1.59.